The predicted octanol–water partition coefficient (Wildman–Crippen LogP) is -0.654. The molecule has 1 heterocycles. The van der Waals surface area contributed by atoms with E-state index < -0.39 is 47.3 Å². The van der Waals surface area contributed by atoms with E-state index in [4.69, 9.17) is 19.3 Å². The minimum Gasteiger partial charge on any atom is -0.438 e. The van der Waals surface area contributed by atoms with Crippen LogP contribution in [0.15, 0.2) is 0 Å². The smallest absolute Gasteiger partial charge is 0.438 e. The molecule has 0 spiro atoms. The number of phosphoric ester groups is 1. The minimum atomic E-state index is -5.26. The van der Waals surface area contributed by atoms with Gasteiger partial charge in [-0.3, -0.25) is 4.52 Å². The van der Waals surface area contributed by atoms with Crippen molar-refractivity contribution in [1.29, 1.82) is 0 Å². The Balaban J connectivity index is 2.64. The highest BCUT2D eigenvalue weighted by atomic mass is 32.5. The molecule has 5 unspecified atom stereocenters. The van der Waals surface area contributed by atoms with Crippen LogP contribution in [-0.4, -0.2) is 65.5 Å². The second-order valence-corrected chi connectivity index (χ2v) is 10.5. The zero-order chi connectivity index (χ0) is 19.5. The Hall–Kier alpha value is 0.125. The molecule has 0 aromatic rings. The monoisotopic (exact) mass is 444 g/mol. The average molecular weight is 444 g/mol. The molecular formula is C7H16BO13P3S. The molecule has 0 saturated carbocycles. The lowest BCUT2D eigenvalue weighted by Gasteiger charge is -2.22. The molecule has 5 atom stereocenters. The Morgan fingerprint density at radius 3 is 2.40 bits per heavy atom. The van der Waals surface area contributed by atoms with Crippen molar-refractivity contribution in [3.05, 3.63) is 0 Å². The summed E-state index contributed by atoms with van der Waals surface area (Å²) in [4.78, 5) is 47.1. The fourth-order valence-corrected chi connectivity index (χ4v) is 6.40. The molecular weight excluding hydrogens is 428 g/mol. The number of hydrogen-bond donors (Lipinski definition) is 4. The molecule has 0 aromatic heterocycles. The van der Waals surface area contributed by atoms with Gasteiger partial charge < -0.3 is 33.8 Å². The molecule has 0 radical (unpaired) electrons. The third kappa shape index (κ3) is 9.05. The van der Waals surface area contributed by atoms with Gasteiger partial charge in [-0.2, -0.15) is 0 Å². The molecule has 25 heavy (non-hydrogen) atoms. The molecule has 1 aliphatic rings. The first-order valence-corrected chi connectivity index (χ1v) is 12.0. The number of carbonyl (C=O) groups excluding carboxylic acids is 1. The quantitative estimate of drug-likeness (QED) is 0.210. The van der Waals surface area contributed by atoms with E-state index in [1.54, 1.807) is 7.85 Å². The van der Waals surface area contributed by atoms with Crippen LogP contribution in [0.5, 0.6) is 0 Å². The summed E-state index contributed by atoms with van der Waals surface area (Å²) in [6.45, 7) is -5.39. The van der Waals surface area contributed by atoms with Gasteiger partial charge in [0.1, 0.15) is 20.1 Å². The number of ether oxygens (including phenoxy) is 3. The Morgan fingerprint density at radius 2 is 1.88 bits per heavy atom. The molecule has 0 aromatic carbocycles. The van der Waals surface area contributed by atoms with Crippen LogP contribution < -0.4 is 0 Å². The van der Waals surface area contributed by atoms with Crippen LogP contribution in [-0.2, 0) is 48.3 Å². The van der Waals surface area contributed by atoms with Crippen molar-refractivity contribution in [2.24, 2.45) is 0 Å². The topological polar surface area (TPSA) is 188 Å². The van der Waals surface area contributed by atoms with Gasteiger partial charge >= 0.3 is 28.5 Å². The molecule has 0 amide bonds. The molecule has 1 rings (SSSR count). The Kier molecular flexibility index (Phi) is 8.22. The summed E-state index contributed by atoms with van der Waals surface area (Å²) >= 11 is 4.20. The van der Waals surface area contributed by atoms with Crippen molar-refractivity contribution in [3.63, 3.8) is 0 Å². The van der Waals surface area contributed by atoms with Crippen LogP contribution in [0, 0.1) is 0 Å². The maximum Gasteiger partial charge on any atom is 0.508 e. The van der Waals surface area contributed by atoms with Crippen molar-refractivity contribution in [3.8, 4) is 0 Å². The van der Waals surface area contributed by atoms with Crippen molar-refractivity contribution >= 4 is 48.2 Å². The lowest BCUT2D eigenvalue weighted by Crippen LogP contribution is -2.31. The summed E-state index contributed by atoms with van der Waals surface area (Å²) in [6.07, 6.45) is -2.53. The average Bonchev–Trinajstić information content (AvgIpc) is 2.72. The van der Waals surface area contributed by atoms with Crippen molar-refractivity contribution in [2.75, 3.05) is 13.7 Å². The standard InChI is InChI=1S/C7H16BO13P3S/c1-16-7(9)19-4-2-6(8)18-5(4)3-17-23(13,14)21-24(15,25)20-22(10,11)12/h4-6H,2-3,8H2,1H3,(H,13,14)(H,15,25)(H2,10,11,12). The fourth-order valence-electron chi connectivity index (χ4n) is 1.83. The largest absolute Gasteiger partial charge is 0.508 e. The van der Waals surface area contributed by atoms with Gasteiger partial charge in [0.05, 0.1) is 13.7 Å². The molecule has 1 saturated heterocycles. The van der Waals surface area contributed by atoms with Crippen LogP contribution in [0.2, 0.25) is 0 Å². The Morgan fingerprint density at radius 1 is 1.28 bits per heavy atom. The summed E-state index contributed by atoms with van der Waals surface area (Å²) in [7, 11) is -7.58. The van der Waals surface area contributed by atoms with Gasteiger partial charge in [-0.15, -0.1) is 0 Å². The second-order valence-electron chi connectivity index (χ2n) is 4.72. The molecule has 18 heteroatoms. The number of hydrogen-bond acceptors (Lipinski definition) is 10. The summed E-state index contributed by atoms with van der Waals surface area (Å²) in [5.74, 6) is 0. The molecule has 13 nitrogen and oxygen atoms in total. The lowest BCUT2D eigenvalue weighted by molar-refractivity contribution is -0.0275. The van der Waals surface area contributed by atoms with Crippen LogP contribution >= 0.6 is 22.4 Å². The SMILES string of the molecule is BC1CC(OC(=O)OC)C(COP(=O)(O)OP(O)(=S)OP(=O)(O)O)O1. The van der Waals surface area contributed by atoms with Gasteiger partial charge in [0.2, 0.25) is 0 Å². The van der Waals surface area contributed by atoms with Gasteiger partial charge in [0.15, 0.2) is 0 Å². The lowest BCUT2D eigenvalue weighted by atomic mass is 9.96. The third-order valence-corrected chi connectivity index (χ3v) is 7.62. The predicted molar refractivity (Wildman–Crippen MR) is 85.6 cm³/mol. The first-order valence-electron chi connectivity index (χ1n) is 6.41. The highest BCUT2D eigenvalue weighted by Crippen LogP contribution is 2.66. The van der Waals surface area contributed by atoms with Crippen LogP contribution in [0.3, 0.4) is 0 Å². The molecule has 146 valence electrons. The number of phosphoric acid groups is 2. The number of methoxy groups -OCH3 is 1. The summed E-state index contributed by atoms with van der Waals surface area (Å²) in [5.41, 5.74) is 0. The van der Waals surface area contributed by atoms with Crippen molar-refractivity contribution < 1.29 is 60.9 Å². The highest BCUT2D eigenvalue weighted by molar-refractivity contribution is 8.09. The van der Waals surface area contributed by atoms with E-state index in [-0.39, 0.29) is 12.4 Å². The Bertz CT molecular complexity index is 623. The fraction of sp³-hybridized carbons (Fsp3) is 0.857. The first-order chi connectivity index (χ1) is 11.2. The van der Waals surface area contributed by atoms with E-state index in [9.17, 15) is 23.7 Å². The van der Waals surface area contributed by atoms with E-state index in [0.717, 1.165) is 7.11 Å². The Labute approximate surface area is 148 Å². The summed E-state index contributed by atoms with van der Waals surface area (Å²) in [6, 6.07) is -0.358. The van der Waals surface area contributed by atoms with E-state index in [2.05, 4.69) is 29.7 Å². The van der Waals surface area contributed by atoms with E-state index in [1.807, 2.05) is 0 Å². The molecule has 0 bridgehead atoms. The van der Waals surface area contributed by atoms with Gasteiger partial charge in [-0.05, 0) is 11.8 Å². The van der Waals surface area contributed by atoms with E-state index in [0.29, 0.717) is 0 Å². The van der Waals surface area contributed by atoms with Gasteiger partial charge in [-0.25, -0.2) is 22.5 Å². The van der Waals surface area contributed by atoms with E-state index in [1.165, 1.54) is 0 Å². The summed E-state index contributed by atoms with van der Waals surface area (Å²) in [5, 5.41) is 0. The second kappa shape index (κ2) is 8.88. The van der Waals surface area contributed by atoms with Crippen molar-refractivity contribution in [1.82, 2.24) is 0 Å². The number of rotatable bonds is 8. The normalized spacial score (nSPS) is 28.8. The zero-order valence-corrected chi connectivity index (χ0v) is 16.4. The third-order valence-electron chi connectivity index (χ3n) is 2.62. The first kappa shape index (κ1) is 23.2. The van der Waals surface area contributed by atoms with Crippen LogP contribution in [0.1, 0.15) is 6.42 Å². The minimum absolute atomic E-state index is 0.263. The highest BCUT2D eigenvalue weighted by Gasteiger charge is 2.41. The zero-order valence-electron chi connectivity index (χ0n) is 12.9. The maximum absolute atomic E-state index is 11.7. The van der Waals surface area contributed by atoms with Gasteiger partial charge in [0, 0.05) is 12.4 Å². The molecule has 1 aliphatic heterocycles. The molecule has 0 aliphatic carbocycles. The molecule has 4 N–H and O–H groups in total. The van der Waals surface area contributed by atoms with Gasteiger partial charge in [-0.1, -0.05) is 0 Å². The van der Waals surface area contributed by atoms with Gasteiger partial charge in [0.25, 0.3) is 0 Å². The number of carbonyl (C=O) groups is 1. The van der Waals surface area contributed by atoms with Crippen LogP contribution in [0.4, 0.5) is 4.79 Å². The van der Waals surface area contributed by atoms with Crippen molar-refractivity contribution in [2.45, 2.75) is 24.6 Å². The van der Waals surface area contributed by atoms with E-state index >= 15 is 0 Å². The molecule has 1 fully saturated rings. The summed E-state index contributed by atoms with van der Waals surface area (Å²) < 4.78 is 49.3. The maximum atomic E-state index is 11.7. The van der Waals surface area contributed by atoms with Crippen LogP contribution in [0.25, 0.3) is 0 Å².